The van der Waals surface area contributed by atoms with E-state index >= 15 is 0 Å². The highest BCUT2D eigenvalue weighted by Crippen LogP contribution is 2.16. The number of rotatable bonds is 15. The van der Waals surface area contributed by atoms with Gasteiger partial charge in [0.15, 0.2) is 0 Å². The lowest BCUT2D eigenvalue weighted by Crippen LogP contribution is -2.56. The molecule has 2 saturated heterocycles. The minimum Gasteiger partial charge on any atom is -0.489 e. The summed E-state index contributed by atoms with van der Waals surface area (Å²) in [6.45, 7) is 11.6. The molecule has 258 valence electrons. The van der Waals surface area contributed by atoms with Crippen molar-refractivity contribution in [1.29, 1.82) is 0 Å². The van der Waals surface area contributed by atoms with E-state index in [4.69, 9.17) is 4.74 Å². The number of hydrogen-bond acceptors (Lipinski definition) is 6. The van der Waals surface area contributed by atoms with Gasteiger partial charge in [-0.05, 0) is 68.5 Å². The van der Waals surface area contributed by atoms with E-state index < -0.39 is 12.1 Å². The van der Waals surface area contributed by atoms with Crippen molar-refractivity contribution in [2.45, 2.75) is 77.5 Å². The first-order valence-electron chi connectivity index (χ1n) is 17.6. The molecule has 10 heteroatoms. The van der Waals surface area contributed by atoms with Gasteiger partial charge in [0.25, 0.3) is 0 Å². The van der Waals surface area contributed by atoms with Gasteiger partial charge in [0, 0.05) is 52.2 Å². The largest absolute Gasteiger partial charge is 0.489 e. The lowest BCUT2D eigenvalue weighted by molar-refractivity contribution is -0.130. The molecule has 2 aliphatic heterocycles. The lowest BCUT2D eigenvalue weighted by atomic mass is 10.0. The van der Waals surface area contributed by atoms with Gasteiger partial charge in [0.2, 0.25) is 11.8 Å². The van der Waals surface area contributed by atoms with Gasteiger partial charge in [0.05, 0.1) is 0 Å². The lowest BCUT2D eigenvalue weighted by Gasteiger charge is -2.32. The van der Waals surface area contributed by atoms with E-state index in [9.17, 15) is 14.4 Å². The first-order valence-corrected chi connectivity index (χ1v) is 17.6. The summed E-state index contributed by atoms with van der Waals surface area (Å²) >= 11 is 0. The summed E-state index contributed by atoms with van der Waals surface area (Å²) in [5.74, 6) is 0.366. The molecule has 10 nitrogen and oxygen atoms in total. The van der Waals surface area contributed by atoms with Crippen molar-refractivity contribution in [2.75, 3.05) is 59.4 Å². The van der Waals surface area contributed by atoms with Crippen LogP contribution in [0.15, 0.2) is 54.6 Å². The summed E-state index contributed by atoms with van der Waals surface area (Å²) in [6.07, 6.45) is 5.83. The number of carbonyl (C=O) groups excluding carboxylic acids is 3. The molecule has 2 heterocycles. The number of ether oxygens (including phenoxy) is 1. The van der Waals surface area contributed by atoms with Crippen LogP contribution >= 0.6 is 0 Å². The summed E-state index contributed by atoms with van der Waals surface area (Å²) in [6, 6.07) is 15.9. The zero-order valence-corrected chi connectivity index (χ0v) is 28.7. The molecule has 0 spiro atoms. The molecule has 3 N–H and O–H groups in total. The molecule has 0 aliphatic carbocycles. The Labute approximate surface area is 281 Å². The van der Waals surface area contributed by atoms with Crippen molar-refractivity contribution in [3.8, 4) is 5.75 Å². The third kappa shape index (κ3) is 12.8. The van der Waals surface area contributed by atoms with E-state index in [0.717, 1.165) is 81.7 Å². The van der Waals surface area contributed by atoms with E-state index in [2.05, 4.69) is 32.8 Å². The van der Waals surface area contributed by atoms with E-state index in [1.807, 2.05) is 73.3 Å². The fraction of sp³-hybridized carbons (Fsp3) is 0.595. The zero-order valence-electron chi connectivity index (χ0n) is 28.7. The zero-order chi connectivity index (χ0) is 33.4. The molecule has 4 rings (SSSR count). The van der Waals surface area contributed by atoms with Crippen LogP contribution in [-0.4, -0.2) is 104 Å². The number of hydrogen-bond donors (Lipinski definition) is 3. The summed E-state index contributed by atoms with van der Waals surface area (Å²) in [4.78, 5) is 47.1. The van der Waals surface area contributed by atoms with Crippen LogP contribution < -0.4 is 20.7 Å². The van der Waals surface area contributed by atoms with Crippen LogP contribution in [0.3, 0.4) is 0 Å². The number of likely N-dealkylation sites (N-methyl/N-ethyl adjacent to an activating group) is 1. The van der Waals surface area contributed by atoms with Gasteiger partial charge in [-0.2, -0.15) is 0 Å². The van der Waals surface area contributed by atoms with E-state index in [0.29, 0.717) is 39.1 Å². The van der Waals surface area contributed by atoms with Gasteiger partial charge in [-0.25, -0.2) is 4.79 Å². The van der Waals surface area contributed by atoms with E-state index in [1.165, 1.54) is 0 Å². The average Bonchev–Trinajstić information content (AvgIpc) is 3.37. The molecular weight excluding hydrogens is 592 g/mol. The van der Waals surface area contributed by atoms with Crippen molar-refractivity contribution in [3.63, 3.8) is 0 Å². The Hall–Kier alpha value is -3.63. The third-order valence-electron chi connectivity index (χ3n) is 9.01. The van der Waals surface area contributed by atoms with E-state index in [-0.39, 0.29) is 23.8 Å². The quantitative estimate of drug-likeness (QED) is 0.252. The summed E-state index contributed by atoms with van der Waals surface area (Å²) < 4.78 is 5.95. The minimum absolute atomic E-state index is 0.181. The van der Waals surface area contributed by atoms with E-state index in [1.54, 1.807) is 0 Å². The van der Waals surface area contributed by atoms with Gasteiger partial charge in [-0.15, -0.1) is 0 Å². The topological polar surface area (TPSA) is 106 Å². The summed E-state index contributed by atoms with van der Waals surface area (Å²) in [5, 5.41) is 9.09. The molecule has 0 unspecified atom stereocenters. The van der Waals surface area contributed by atoms with Crippen molar-refractivity contribution in [3.05, 3.63) is 65.7 Å². The number of nitrogens with one attached hydrogen (secondary N) is 3. The molecule has 0 aromatic heterocycles. The van der Waals surface area contributed by atoms with Crippen LogP contribution in [-0.2, 0) is 22.6 Å². The second kappa shape index (κ2) is 19.3. The highest BCUT2D eigenvalue weighted by molar-refractivity contribution is 5.92. The molecule has 2 fully saturated rings. The predicted molar refractivity (Wildman–Crippen MR) is 186 cm³/mol. The predicted octanol–water partition coefficient (Wildman–Crippen LogP) is 4.05. The minimum atomic E-state index is -0.785. The van der Waals surface area contributed by atoms with Crippen LogP contribution in [0.25, 0.3) is 0 Å². The average molecular weight is 649 g/mol. The monoisotopic (exact) mass is 648 g/mol. The second-order valence-corrected chi connectivity index (χ2v) is 13.5. The Kier molecular flexibility index (Phi) is 14.8. The molecule has 0 radical (unpaired) electrons. The van der Waals surface area contributed by atoms with Gasteiger partial charge >= 0.3 is 6.03 Å². The maximum Gasteiger partial charge on any atom is 0.318 e. The van der Waals surface area contributed by atoms with Crippen LogP contribution in [0.5, 0.6) is 5.75 Å². The molecule has 2 aromatic rings. The number of benzene rings is 2. The normalized spacial score (nSPS) is 17.4. The molecular formula is C37H56N6O4. The molecule has 2 atom stereocenters. The van der Waals surface area contributed by atoms with Gasteiger partial charge in [0.1, 0.15) is 24.4 Å². The van der Waals surface area contributed by atoms with Crippen molar-refractivity contribution in [2.24, 2.45) is 5.92 Å². The van der Waals surface area contributed by atoms with Crippen LogP contribution in [0.1, 0.15) is 63.5 Å². The SMILES string of the molecule is CC(C)C[C@H](NC(=O)N1CCCCCC1)C(=O)N[C@@H](Cc1ccc(OCc2ccccc2)cc1)C(=O)NCCCN1CCN(C)CC1. The number of carbonyl (C=O) groups is 3. The standard InChI is InChI=1S/C37H56N6O4/c1-29(2)26-33(40-37(46)43-20-9-4-5-10-21-43)36(45)39-34(35(44)38-18-11-19-42-24-22-41(3)23-25-42)27-30-14-16-32(17-15-30)47-28-31-12-7-6-8-13-31/h6-8,12-17,29,33-34H,4-5,9-11,18-28H2,1-3H3,(H,38,44)(H,39,45)(H,40,46)/t33-,34-/m0/s1. The fourth-order valence-electron chi connectivity index (χ4n) is 6.11. The Bertz CT molecular complexity index is 1230. The third-order valence-corrected chi connectivity index (χ3v) is 9.01. The highest BCUT2D eigenvalue weighted by atomic mass is 16.5. The number of nitrogens with zero attached hydrogens (tertiary/aromatic N) is 3. The molecule has 0 saturated carbocycles. The highest BCUT2D eigenvalue weighted by Gasteiger charge is 2.29. The van der Waals surface area contributed by atoms with Crippen LogP contribution in [0, 0.1) is 5.92 Å². The first-order chi connectivity index (χ1) is 22.8. The number of piperazine rings is 1. The first kappa shape index (κ1) is 36.2. The molecule has 0 bridgehead atoms. The van der Waals surface area contributed by atoms with Gasteiger partial charge in [-0.1, -0.05) is 69.2 Å². The maximum atomic E-state index is 13.8. The molecule has 47 heavy (non-hydrogen) atoms. The Morgan fingerprint density at radius 1 is 0.766 bits per heavy atom. The second-order valence-electron chi connectivity index (χ2n) is 13.5. The fourth-order valence-corrected chi connectivity index (χ4v) is 6.11. The summed E-state index contributed by atoms with van der Waals surface area (Å²) in [5.41, 5.74) is 1.99. The Morgan fingerprint density at radius 3 is 2.11 bits per heavy atom. The molecule has 2 aromatic carbocycles. The maximum absolute atomic E-state index is 13.8. The van der Waals surface area contributed by atoms with Crippen LogP contribution in [0.4, 0.5) is 4.79 Å². The number of amides is 4. The number of likely N-dealkylation sites (tertiary alicyclic amines) is 1. The van der Waals surface area contributed by atoms with Crippen molar-refractivity contribution >= 4 is 17.8 Å². The van der Waals surface area contributed by atoms with Crippen molar-refractivity contribution < 1.29 is 19.1 Å². The molecule has 2 aliphatic rings. The Balaban J connectivity index is 1.39. The smallest absolute Gasteiger partial charge is 0.318 e. The van der Waals surface area contributed by atoms with Crippen molar-refractivity contribution in [1.82, 2.24) is 30.7 Å². The van der Waals surface area contributed by atoms with Gasteiger partial charge < -0.3 is 35.4 Å². The summed E-state index contributed by atoms with van der Waals surface area (Å²) in [7, 11) is 2.14. The number of urea groups is 1. The molecule has 4 amide bonds. The van der Waals surface area contributed by atoms with Gasteiger partial charge in [-0.3, -0.25) is 9.59 Å². The van der Waals surface area contributed by atoms with Crippen LogP contribution in [0.2, 0.25) is 0 Å². The Morgan fingerprint density at radius 2 is 1.45 bits per heavy atom.